The molecule has 0 aliphatic rings. The van der Waals surface area contributed by atoms with Gasteiger partial charge in [-0.15, -0.1) is 0 Å². The number of anilines is 1. The van der Waals surface area contributed by atoms with Crippen LogP contribution in [0.15, 0.2) is 27.1 Å². The maximum Gasteiger partial charge on any atom is 0.248 e. The minimum atomic E-state index is -0.110. The van der Waals surface area contributed by atoms with E-state index in [1.807, 2.05) is 25.1 Å². The van der Waals surface area contributed by atoms with E-state index in [-0.39, 0.29) is 11.5 Å². The summed E-state index contributed by atoms with van der Waals surface area (Å²) in [5.41, 5.74) is 2.45. The molecule has 2 aromatic heterocycles. The third-order valence-corrected chi connectivity index (χ3v) is 3.33. The summed E-state index contributed by atoms with van der Waals surface area (Å²) in [7, 11) is 0. The summed E-state index contributed by atoms with van der Waals surface area (Å²) in [4.78, 5) is 8.80. The Morgan fingerprint density at radius 3 is 2.59 bits per heavy atom. The van der Waals surface area contributed by atoms with Crippen LogP contribution in [0, 0.1) is 6.92 Å². The molecule has 1 unspecified atom stereocenters. The topological polar surface area (TPSA) is 77.0 Å². The highest BCUT2D eigenvalue weighted by molar-refractivity contribution is 5.77. The minimum absolute atomic E-state index is 0.0763. The summed E-state index contributed by atoms with van der Waals surface area (Å²) in [5.74, 6) is 1.93. The summed E-state index contributed by atoms with van der Waals surface area (Å²) in [6.45, 7) is 10.0. The lowest BCUT2D eigenvalue weighted by Gasteiger charge is -2.11. The number of fused-ring (bicyclic) bond motifs is 1. The normalized spacial score (nSPS) is 13.5. The Morgan fingerprint density at radius 1 is 1.18 bits per heavy atom. The lowest BCUT2D eigenvalue weighted by atomic mass is 9.97. The van der Waals surface area contributed by atoms with Gasteiger partial charge in [0.1, 0.15) is 11.6 Å². The van der Waals surface area contributed by atoms with Gasteiger partial charge in [-0.3, -0.25) is 0 Å². The minimum Gasteiger partial charge on any atom is -0.440 e. The second kappa shape index (κ2) is 5.12. The van der Waals surface area contributed by atoms with Crippen molar-refractivity contribution >= 4 is 16.8 Å². The lowest BCUT2D eigenvalue weighted by molar-refractivity contribution is 0.364. The van der Waals surface area contributed by atoms with Gasteiger partial charge in [0.05, 0.1) is 0 Å². The van der Waals surface area contributed by atoms with E-state index in [1.165, 1.54) is 0 Å². The number of benzene rings is 1. The monoisotopic (exact) mass is 300 g/mol. The van der Waals surface area contributed by atoms with E-state index in [1.54, 1.807) is 6.92 Å². The molecule has 116 valence electrons. The summed E-state index contributed by atoms with van der Waals surface area (Å²) < 4.78 is 11.0. The van der Waals surface area contributed by atoms with E-state index in [2.05, 4.69) is 41.2 Å². The first-order valence-corrected chi connectivity index (χ1v) is 7.31. The smallest absolute Gasteiger partial charge is 0.248 e. The van der Waals surface area contributed by atoms with Crippen LogP contribution in [-0.2, 0) is 5.41 Å². The molecule has 0 aliphatic carbocycles. The van der Waals surface area contributed by atoms with Gasteiger partial charge in [-0.05, 0) is 32.0 Å². The van der Waals surface area contributed by atoms with Crippen molar-refractivity contribution in [2.45, 2.75) is 46.1 Å². The zero-order chi connectivity index (χ0) is 15.9. The van der Waals surface area contributed by atoms with Crippen molar-refractivity contribution in [3.63, 3.8) is 0 Å². The van der Waals surface area contributed by atoms with Crippen LogP contribution in [0.1, 0.15) is 51.3 Å². The number of nitrogens with zero attached hydrogens (tertiary/aromatic N) is 3. The second-order valence-corrected chi connectivity index (χ2v) is 6.50. The fraction of sp³-hybridized carbons (Fsp3) is 0.438. The number of hydrogen-bond acceptors (Lipinski definition) is 6. The first kappa shape index (κ1) is 14.6. The molecule has 0 saturated carbocycles. The van der Waals surface area contributed by atoms with Gasteiger partial charge in [-0.2, -0.15) is 4.98 Å². The van der Waals surface area contributed by atoms with Crippen LogP contribution >= 0.6 is 0 Å². The molecule has 2 heterocycles. The maximum atomic E-state index is 5.80. The number of aryl methyl sites for hydroxylation is 1. The molecule has 3 aromatic rings. The second-order valence-electron chi connectivity index (χ2n) is 6.50. The Kier molecular flexibility index (Phi) is 3.39. The third-order valence-electron chi connectivity index (χ3n) is 3.33. The van der Waals surface area contributed by atoms with E-state index in [4.69, 9.17) is 8.94 Å². The van der Waals surface area contributed by atoms with E-state index < -0.39 is 0 Å². The summed E-state index contributed by atoms with van der Waals surface area (Å²) in [5, 5.41) is 7.14. The van der Waals surface area contributed by atoms with Gasteiger partial charge < -0.3 is 14.3 Å². The van der Waals surface area contributed by atoms with Crippen molar-refractivity contribution in [2.24, 2.45) is 0 Å². The fourth-order valence-electron chi connectivity index (χ4n) is 2.14. The van der Waals surface area contributed by atoms with Gasteiger partial charge in [0.15, 0.2) is 11.4 Å². The highest BCUT2D eigenvalue weighted by Gasteiger charge is 2.21. The molecule has 0 amide bonds. The van der Waals surface area contributed by atoms with Gasteiger partial charge in [-0.25, -0.2) is 4.98 Å². The standard InChI is InChI=1S/C16H20N4O2/c1-9(14-18-10(2)20-22-14)17-11-6-7-13-12(8-11)19-15(21-13)16(3,4)5/h6-9,17H,1-5H3. The molecule has 0 spiro atoms. The van der Waals surface area contributed by atoms with E-state index >= 15 is 0 Å². The third kappa shape index (κ3) is 2.81. The van der Waals surface area contributed by atoms with Crippen molar-refractivity contribution in [1.82, 2.24) is 15.1 Å². The largest absolute Gasteiger partial charge is 0.440 e. The molecule has 0 bridgehead atoms. The SMILES string of the molecule is Cc1noc(C(C)Nc2ccc3oc(C(C)(C)C)nc3c2)n1. The van der Waals surface area contributed by atoms with Crippen LogP contribution < -0.4 is 5.32 Å². The van der Waals surface area contributed by atoms with Crippen molar-refractivity contribution in [3.05, 3.63) is 35.8 Å². The first-order valence-electron chi connectivity index (χ1n) is 7.31. The van der Waals surface area contributed by atoms with Crippen molar-refractivity contribution in [2.75, 3.05) is 5.32 Å². The quantitative estimate of drug-likeness (QED) is 0.788. The number of aromatic nitrogens is 3. The van der Waals surface area contributed by atoms with Crippen molar-refractivity contribution < 1.29 is 8.94 Å². The number of rotatable bonds is 3. The molecule has 1 aromatic carbocycles. The zero-order valence-electron chi connectivity index (χ0n) is 13.5. The molecule has 3 rings (SSSR count). The first-order chi connectivity index (χ1) is 10.3. The average Bonchev–Trinajstić information content (AvgIpc) is 3.03. The highest BCUT2D eigenvalue weighted by atomic mass is 16.5. The Hall–Kier alpha value is -2.37. The lowest BCUT2D eigenvalue weighted by Crippen LogP contribution is -2.11. The van der Waals surface area contributed by atoms with Crippen molar-refractivity contribution in [3.8, 4) is 0 Å². The van der Waals surface area contributed by atoms with Gasteiger partial charge >= 0.3 is 0 Å². The van der Waals surface area contributed by atoms with E-state index in [9.17, 15) is 0 Å². The Balaban J connectivity index is 1.85. The molecular formula is C16H20N4O2. The van der Waals surface area contributed by atoms with Gasteiger partial charge in [0, 0.05) is 11.1 Å². The van der Waals surface area contributed by atoms with Gasteiger partial charge in [0.25, 0.3) is 0 Å². The van der Waals surface area contributed by atoms with Crippen LogP contribution in [0.25, 0.3) is 11.1 Å². The fourth-order valence-corrected chi connectivity index (χ4v) is 2.14. The molecule has 1 atom stereocenters. The van der Waals surface area contributed by atoms with Crippen LogP contribution in [0.2, 0.25) is 0 Å². The number of oxazole rings is 1. The van der Waals surface area contributed by atoms with Crippen molar-refractivity contribution in [1.29, 1.82) is 0 Å². The van der Waals surface area contributed by atoms with Crippen LogP contribution in [0.4, 0.5) is 5.69 Å². The number of hydrogen-bond donors (Lipinski definition) is 1. The highest BCUT2D eigenvalue weighted by Crippen LogP contribution is 2.28. The Bertz CT molecular complexity index is 798. The Labute approximate surface area is 128 Å². The van der Waals surface area contributed by atoms with Gasteiger partial charge in [-0.1, -0.05) is 25.9 Å². The summed E-state index contributed by atoms with van der Waals surface area (Å²) >= 11 is 0. The summed E-state index contributed by atoms with van der Waals surface area (Å²) in [6, 6.07) is 5.77. The maximum absolute atomic E-state index is 5.80. The molecule has 1 N–H and O–H groups in total. The molecule has 0 fully saturated rings. The summed E-state index contributed by atoms with van der Waals surface area (Å²) in [6.07, 6.45) is 0. The predicted octanol–water partition coefficient (Wildman–Crippen LogP) is 3.99. The molecule has 6 heteroatoms. The molecule has 6 nitrogen and oxygen atoms in total. The average molecular weight is 300 g/mol. The van der Waals surface area contributed by atoms with Crippen LogP contribution in [0.5, 0.6) is 0 Å². The predicted molar refractivity (Wildman–Crippen MR) is 83.8 cm³/mol. The van der Waals surface area contributed by atoms with E-state index in [0.29, 0.717) is 11.7 Å². The molecule has 0 saturated heterocycles. The number of nitrogens with one attached hydrogen (secondary N) is 1. The van der Waals surface area contributed by atoms with E-state index in [0.717, 1.165) is 22.7 Å². The van der Waals surface area contributed by atoms with Gasteiger partial charge in [0.2, 0.25) is 11.8 Å². The zero-order valence-corrected chi connectivity index (χ0v) is 13.5. The van der Waals surface area contributed by atoms with Crippen LogP contribution in [0.3, 0.4) is 0 Å². The molecule has 0 aliphatic heterocycles. The molecule has 22 heavy (non-hydrogen) atoms. The molecule has 0 radical (unpaired) electrons. The molecular weight excluding hydrogens is 280 g/mol. The Morgan fingerprint density at radius 2 is 1.95 bits per heavy atom. The van der Waals surface area contributed by atoms with Crippen LogP contribution in [-0.4, -0.2) is 15.1 Å².